The maximum atomic E-state index is 13.5. The average molecular weight is 466 g/mol. The molecule has 1 saturated heterocycles. The highest BCUT2D eigenvalue weighted by Gasteiger charge is 2.35. The van der Waals surface area contributed by atoms with Gasteiger partial charge in [-0.25, -0.2) is 18.7 Å². The minimum atomic E-state index is -0.314. The first kappa shape index (κ1) is 21.5. The van der Waals surface area contributed by atoms with Crippen molar-refractivity contribution in [2.24, 2.45) is 0 Å². The van der Waals surface area contributed by atoms with E-state index in [-0.39, 0.29) is 23.6 Å². The van der Waals surface area contributed by atoms with Crippen LogP contribution in [0.3, 0.4) is 0 Å². The van der Waals surface area contributed by atoms with Gasteiger partial charge in [0.1, 0.15) is 33.3 Å². The van der Waals surface area contributed by atoms with E-state index in [1.165, 1.54) is 35.6 Å². The molecule has 1 aliphatic rings. The molecular weight excluding hydrogens is 444 g/mol. The highest BCUT2D eigenvalue weighted by Crippen LogP contribution is 2.36. The van der Waals surface area contributed by atoms with Gasteiger partial charge in [0.15, 0.2) is 0 Å². The van der Waals surface area contributed by atoms with Gasteiger partial charge in [-0.3, -0.25) is 4.79 Å². The third-order valence-electron chi connectivity index (χ3n) is 5.72. The molecule has 1 fully saturated rings. The number of hydrogen-bond acceptors (Lipinski definition) is 5. The quantitative estimate of drug-likeness (QED) is 0.365. The van der Waals surface area contributed by atoms with Gasteiger partial charge in [0, 0.05) is 18.5 Å². The number of hydrogen-bond donors (Lipinski definition) is 0. The maximum Gasteiger partial charge on any atom is 0.266 e. The van der Waals surface area contributed by atoms with Crippen LogP contribution in [0.15, 0.2) is 59.1 Å². The number of nitrogens with zero attached hydrogens (tertiary/aromatic N) is 3. The molecule has 0 bridgehead atoms. The molecule has 0 spiro atoms. The van der Waals surface area contributed by atoms with Gasteiger partial charge >= 0.3 is 0 Å². The van der Waals surface area contributed by atoms with Crippen molar-refractivity contribution >= 4 is 17.2 Å². The normalized spacial score (nSPS) is 15.8. The second-order valence-electron chi connectivity index (χ2n) is 8.07. The summed E-state index contributed by atoms with van der Waals surface area (Å²) in [6.07, 6.45) is 3.68. The van der Waals surface area contributed by atoms with Crippen LogP contribution in [-0.4, -0.2) is 27.3 Å². The average Bonchev–Trinajstić information content (AvgIpc) is 3.53. The fourth-order valence-corrected chi connectivity index (χ4v) is 5.14. The molecule has 0 aliphatic carbocycles. The van der Waals surface area contributed by atoms with E-state index in [2.05, 4.69) is 9.97 Å². The molecule has 2 aromatic heterocycles. The number of carbonyl (C=O) groups is 1. The molecule has 1 amide bonds. The van der Waals surface area contributed by atoms with Crippen LogP contribution in [0.1, 0.15) is 51.5 Å². The van der Waals surface area contributed by atoms with E-state index < -0.39 is 0 Å². The monoisotopic (exact) mass is 465 g/mol. The Morgan fingerprint density at radius 1 is 1.18 bits per heavy atom. The molecule has 5 rings (SSSR count). The molecule has 1 unspecified atom stereocenters. The van der Waals surface area contributed by atoms with E-state index in [1.54, 1.807) is 29.3 Å². The molecule has 1 aliphatic heterocycles. The van der Waals surface area contributed by atoms with Gasteiger partial charge in [0.2, 0.25) is 5.89 Å². The van der Waals surface area contributed by atoms with Gasteiger partial charge in [-0.2, -0.15) is 0 Å². The summed E-state index contributed by atoms with van der Waals surface area (Å²) in [4.78, 5) is 24.7. The van der Waals surface area contributed by atoms with Crippen molar-refractivity contribution in [2.75, 3.05) is 6.54 Å². The molecule has 4 aromatic rings. The third-order valence-corrected chi connectivity index (χ3v) is 6.91. The lowest BCUT2D eigenvalue weighted by atomic mass is 10.1. The predicted octanol–water partition coefficient (Wildman–Crippen LogP) is 5.95. The van der Waals surface area contributed by atoms with Crippen molar-refractivity contribution in [1.82, 2.24) is 14.9 Å². The Bertz CT molecular complexity index is 1300. The lowest BCUT2D eigenvalue weighted by Gasteiger charge is -2.21. The number of aromatic nitrogens is 2. The number of aryl methyl sites for hydroxylation is 1. The summed E-state index contributed by atoms with van der Waals surface area (Å²) in [6.45, 7) is 2.42. The molecule has 33 heavy (non-hydrogen) atoms. The Hall–Kier alpha value is -3.39. The fraction of sp³-hybridized carbons (Fsp3) is 0.240. The van der Waals surface area contributed by atoms with Crippen LogP contribution in [0.5, 0.6) is 0 Å². The number of oxazole rings is 1. The van der Waals surface area contributed by atoms with E-state index in [9.17, 15) is 13.6 Å². The van der Waals surface area contributed by atoms with Crippen LogP contribution in [0.2, 0.25) is 0 Å². The van der Waals surface area contributed by atoms with Gasteiger partial charge in [0.25, 0.3) is 5.91 Å². The largest absolute Gasteiger partial charge is 0.443 e. The van der Waals surface area contributed by atoms with Crippen molar-refractivity contribution in [3.63, 3.8) is 0 Å². The summed E-state index contributed by atoms with van der Waals surface area (Å²) in [7, 11) is 0. The first-order chi connectivity index (χ1) is 16.0. The second-order valence-corrected chi connectivity index (χ2v) is 9.07. The molecular formula is C25H21F2N3O2S. The van der Waals surface area contributed by atoms with Crippen molar-refractivity contribution in [3.05, 3.63) is 94.1 Å². The Morgan fingerprint density at radius 3 is 2.79 bits per heavy atom. The first-order valence-electron chi connectivity index (χ1n) is 10.7. The van der Waals surface area contributed by atoms with Crippen LogP contribution in [0.4, 0.5) is 8.78 Å². The lowest BCUT2D eigenvalue weighted by Crippen LogP contribution is -2.30. The van der Waals surface area contributed by atoms with Gasteiger partial charge in [0.05, 0.1) is 11.9 Å². The summed E-state index contributed by atoms with van der Waals surface area (Å²) >= 11 is 1.31. The SMILES string of the molecule is Cc1nc(-c2ccc(F)cc2)sc1C(=O)N1CCCC1c1ncc(Cc2cccc(F)c2)o1. The van der Waals surface area contributed by atoms with E-state index in [4.69, 9.17) is 4.42 Å². The van der Waals surface area contributed by atoms with Crippen LogP contribution < -0.4 is 0 Å². The molecule has 168 valence electrons. The molecule has 3 heterocycles. The predicted molar refractivity (Wildman–Crippen MR) is 121 cm³/mol. The summed E-state index contributed by atoms with van der Waals surface area (Å²) in [6, 6.07) is 12.2. The number of amides is 1. The van der Waals surface area contributed by atoms with Gasteiger partial charge in [-0.1, -0.05) is 12.1 Å². The first-order valence-corrected chi connectivity index (χ1v) is 11.5. The number of halogens is 2. The fourth-order valence-electron chi connectivity index (χ4n) is 4.11. The van der Waals surface area contributed by atoms with Gasteiger partial charge < -0.3 is 9.32 Å². The van der Waals surface area contributed by atoms with Gasteiger partial charge in [-0.05, 0) is 61.7 Å². The van der Waals surface area contributed by atoms with Crippen LogP contribution in [0.25, 0.3) is 10.6 Å². The number of likely N-dealkylation sites (tertiary alicyclic amines) is 1. The van der Waals surface area contributed by atoms with Crippen molar-refractivity contribution in [1.29, 1.82) is 0 Å². The molecule has 5 nitrogen and oxygen atoms in total. The minimum Gasteiger partial charge on any atom is -0.443 e. The van der Waals surface area contributed by atoms with Crippen molar-refractivity contribution in [2.45, 2.75) is 32.2 Å². The highest BCUT2D eigenvalue weighted by atomic mass is 32.1. The molecule has 2 aromatic carbocycles. The summed E-state index contributed by atoms with van der Waals surface area (Å²) < 4.78 is 32.7. The van der Waals surface area contributed by atoms with Gasteiger partial charge in [-0.15, -0.1) is 11.3 Å². The van der Waals surface area contributed by atoms with Crippen LogP contribution >= 0.6 is 11.3 Å². The standard InChI is InChI=1S/C25H21F2N3O2S/c1-15-22(33-24(29-15)17-7-9-18(26)10-8-17)25(31)30-11-3-6-21(30)23-28-14-20(32-23)13-16-4-2-5-19(27)12-16/h2,4-5,7-10,12,14,21H,3,6,11,13H2,1H3. The van der Waals surface area contributed by atoms with E-state index >= 15 is 0 Å². The Kier molecular flexibility index (Phi) is 5.76. The Morgan fingerprint density at radius 2 is 2.00 bits per heavy atom. The minimum absolute atomic E-state index is 0.106. The second kappa shape index (κ2) is 8.86. The zero-order valence-electron chi connectivity index (χ0n) is 17.9. The smallest absolute Gasteiger partial charge is 0.266 e. The summed E-state index contributed by atoms with van der Waals surface area (Å²) in [5.41, 5.74) is 2.22. The van der Waals surface area contributed by atoms with Crippen LogP contribution in [0, 0.1) is 18.6 Å². The number of rotatable bonds is 5. The molecule has 0 saturated carbocycles. The molecule has 1 atom stereocenters. The van der Waals surface area contributed by atoms with Crippen molar-refractivity contribution < 1.29 is 18.0 Å². The van der Waals surface area contributed by atoms with E-state index in [1.807, 2.05) is 13.0 Å². The van der Waals surface area contributed by atoms with E-state index in [0.29, 0.717) is 40.2 Å². The Balaban J connectivity index is 1.35. The third kappa shape index (κ3) is 4.43. The maximum absolute atomic E-state index is 13.5. The van der Waals surface area contributed by atoms with Crippen LogP contribution in [-0.2, 0) is 6.42 Å². The topological polar surface area (TPSA) is 59.2 Å². The Labute approximate surface area is 193 Å². The molecule has 0 radical (unpaired) electrons. The van der Waals surface area contributed by atoms with Crippen molar-refractivity contribution in [3.8, 4) is 10.6 Å². The zero-order chi connectivity index (χ0) is 22.9. The highest BCUT2D eigenvalue weighted by molar-refractivity contribution is 7.17. The molecule has 8 heteroatoms. The lowest BCUT2D eigenvalue weighted by molar-refractivity contribution is 0.0718. The molecule has 0 N–H and O–H groups in total. The zero-order valence-corrected chi connectivity index (χ0v) is 18.7. The summed E-state index contributed by atoms with van der Waals surface area (Å²) in [5, 5.41) is 0.681. The van der Waals surface area contributed by atoms with E-state index in [0.717, 1.165) is 24.0 Å². The number of carbonyl (C=O) groups excluding carboxylic acids is 1. The number of benzene rings is 2. The summed E-state index contributed by atoms with van der Waals surface area (Å²) in [5.74, 6) is 0.409. The number of thiazole rings is 1.